The lowest BCUT2D eigenvalue weighted by atomic mass is 10.2. The second-order valence-electron chi connectivity index (χ2n) is 5.07. The number of ether oxygens (including phenoxy) is 1. The molecule has 0 aromatic heterocycles. The molecule has 8 heteroatoms. The summed E-state index contributed by atoms with van der Waals surface area (Å²) in [6, 6.07) is 5.33. The zero-order chi connectivity index (χ0) is 15.5. The number of carbonyl (C=O) groups excluding carboxylic acids is 1. The van der Waals surface area contributed by atoms with Gasteiger partial charge in [-0.2, -0.15) is 5.10 Å². The number of anilines is 1. The van der Waals surface area contributed by atoms with Crippen LogP contribution in [0.1, 0.15) is 6.42 Å². The molecule has 0 bridgehead atoms. The van der Waals surface area contributed by atoms with Crippen molar-refractivity contribution in [1.29, 1.82) is 0 Å². The summed E-state index contributed by atoms with van der Waals surface area (Å²) in [7, 11) is 0. The molecule has 0 unspecified atom stereocenters. The monoisotopic (exact) mass is 342 g/mol. The quantitative estimate of drug-likeness (QED) is 0.857. The number of rotatable bonds is 2. The molecule has 1 atom stereocenters. The van der Waals surface area contributed by atoms with E-state index < -0.39 is 6.10 Å². The van der Waals surface area contributed by atoms with Gasteiger partial charge in [0.25, 0.3) is 5.91 Å². The molecule has 2 N–H and O–H groups in total. The van der Waals surface area contributed by atoms with Crippen LogP contribution < -0.4 is 15.6 Å². The van der Waals surface area contributed by atoms with Crippen molar-refractivity contribution < 1.29 is 9.53 Å². The molecule has 0 spiro atoms. The topological polar surface area (TPSA) is 66.0 Å². The number of amides is 1. The van der Waals surface area contributed by atoms with Crippen LogP contribution in [-0.2, 0) is 9.53 Å². The normalized spacial score (nSPS) is 21.6. The summed E-state index contributed by atoms with van der Waals surface area (Å²) in [5.74, 6) is 0.465. The number of nitrogens with zero attached hydrogens (tertiary/aromatic N) is 2. The highest BCUT2D eigenvalue weighted by atomic mass is 35.5. The van der Waals surface area contributed by atoms with E-state index in [1.807, 2.05) is 6.07 Å². The lowest BCUT2D eigenvalue weighted by Crippen LogP contribution is -2.49. The van der Waals surface area contributed by atoms with Gasteiger partial charge < -0.3 is 15.4 Å². The Morgan fingerprint density at radius 2 is 2.27 bits per heavy atom. The lowest BCUT2D eigenvalue weighted by molar-refractivity contribution is -0.132. The molecule has 6 nitrogen and oxygen atoms in total. The van der Waals surface area contributed by atoms with E-state index in [0.717, 1.165) is 12.2 Å². The van der Waals surface area contributed by atoms with Crippen molar-refractivity contribution in [3.8, 4) is 0 Å². The van der Waals surface area contributed by atoms with Crippen LogP contribution >= 0.6 is 23.2 Å². The van der Waals surface area contributed by atoms with Crippen LogP contribution in [0, 0.1) is 0 Å². The van der Waals surface area contributed by atoms with Gasteiger partial charge in [-0.15, -0.1) is 0 Å². The maximum atomic E-state index is 12.1. The summed E-state index contributed by atoms with van der Waals surface area (Å²) in [6.45, 7) is 2.52. The first kappa shape index (κ1) is 15.6. The third-order valence-corrected chi connectivity index (χ3v) is 4.23. The van der Waals surface area contributed by atoms with Gasteiger partial charge in [0.2, 0.25) is 0 Å². The van der Waals surface area contributed by atoms with E-state index in [2.05, 4.69) is 15.7 Å². The predicted molar refractivity (Wildman–Crippen MR) is 86.6 cm³/mol. The average molecular weight is 343 g/mol. The van der Waals surface area contributed by atoms with Crippen LogP contribution in [0.3, 0.4) is 0 Å². The first-order valence-corrected chi connectivity index (χ1v) is 7.82. The van der Waals surface area contributed by atoms with Gasteiger partial charge in [-0.1, -0.05) is 23.2 Å². The van der Waals surface area contributed by atoms with Gasteiger partial charge >= 0.3 is 0 Å². The third kappa shape index (κ3) is 3.52. The second kappa shape index (κ2) is 6.83. The van der Waals surface area contributed by atoms with Crippen molar-refractivity contribution in [2.75, 3.05) is 31.3 Å². The number of hydrogen-bond donors (Lipinski definition) is 2. The molecule has 0 saturated carbocycles. The predicted octanol–water partition coefficient (Wildman–Crippen LogP) is 1.62. The molecule has 3 rings (SSSR count). The SMILES string of the molecule is O=C(NC1=NN(c2ccc(Cl)c(Cl)c2)CC1)[C@H]1CNCCO1. The van der Waals surface area contributed by atoms with Crippen LogP contribution in [0.4, 0.5) is 5.69 Å². The summed E-state index contributed by atoms with van der Waals surface area (Å²) < 4.78 is 5.42. The molecule has 2 aliphatic rings. The van der Waals surface area contributed by atoms with Gasteiger partial charge in [0.1, 0.15) is 11.9 Å². The Morgan fingerprint density at radius 1 is 1.41 bits per heavy atom. The number of carbonyl (C=O) groups is 1. The fourth-order valence-corrected chi connectivity index (χ4v) is 2.63. The molecule has 1 aromatic rings. The van der Waals surface area contributed by atoms with E-state index in [4.69, 9.17) is 27.9 Å². The maximum absolute atomic E-state index is 12.1. The molecule has 118 valence electrons. The van der Waals surface area contributed by atoms with Crippen molar-refractivity contribution in [2.45, 2.75) is 12.5 Å². The van der Waals surface area contributed by atoms with Gasteiger partial charge in [0.05, 0.1) is 22.3 Å². The number of amidine groups is 1. The van der Waals surface area contributed by atoms with Gasteiger partial charge in [0, 0.05) is 26.1 Å². The molecular weight excluding hydrogens is 327 g/mol. The second-order valence-corrected chi connectivity index (χ2v) is 5.89. The van der Waals surface area contributed by atoms with Crippen LogP contribution in [0.5, 0.6) is 0 Å². The summed E-state index contributed by atoms with van der Waals surface area (Å²) in [5.41, 5.74) is 0.842. The van der Waals surface area contributed by atoms with Gasteiger partial charge in [-0.05, 0) is 18.2 Å². The number of benzene rings is 1. The summed E-state index contributed by atoms with van der Waals surface area (Å²) in [6.07, 6.45) is 0.196. The molecule has 2 aliphatic heterocycles. The Balaban J connectivity index is 1.63. The summed E-state index contributed by atoms with van der Waals surface area (Å²) >= 11 is 11.9. The Kier molecular flexibility index (Phi) is 4.83. The molecular formula is C14H16Cl2N4O2. The third-order valence-electron chi connectivity index (χ3n) is 3.49. The van der Waals surface area contributed by atoms with Crippen molar-refractivity contribution in [3.63, 3.8) is 0 Å². The van der Waals surface area contributed by atoms with E-state index >= 15 is 0 Å². The van der Waals surface area contributed by atoms with Gasteiger partial charge in [0.15, 0.2) is 0 Å². The Hall–Kier alpha value is -1.34. The highest BCUT2D eigenvalue weighted by Crippen LogP contribution is 2.28. The fourth-order valence-electron chi connectivity index (χ4n) is 2.33. The molecule has 0 radical (unpaired) electrons. The minimum atomic E-state index is -0.463. The van der Waals surface area contributed by atoms with E-state index in [-0.39, 0.29) is 5.91 Å². The Labute approximate surface area is 138 Å². The Bertz CT molecular complexity index is 603. The highest BCUT2D eigenvalue weighted by molar-refractivity contribution is 6.42. The number of halogens is 2. The zero-order valence-electron chi connectivity index (χ0n) is 11.8. The number of morpholine rings is 1. The zero-order valence-corrected chi connectivity index (χ0v) is 13.3. The van der Waals surface area contributed by atoms with Gasteiger partial charge in [-0.3, -0.25) is 9.80 Å². The van der Waals surface area contributed by atoms with E-state index in [9.17, 15) is 4.79 Å². The van der Waals surface area contributed by atoms with Crippen LogP contribution in [0.2, 0.25) is 10.0 Å². The van der Waals surface area contributed by atoms with Crippen molar-refractivity contribution in [2.24, 2.45) is 5.10 Å². The van der Waals surface area contributed by atoms with Crippen LogP contribution in [-0.4, -0.2) is 44.1 Å². The van der Waals surface area contributed by atoms with E-state index in [1.54, 1.807) is 17.1 Å². The summed E-state index contributed by atoms with van der Waals surface area (Å²) in [4.78, 5) is 12.1. The van der Waals surface area contributed by atoms with Crippen molar-refractivity contribution in [3.05, 3.63) is 28.2 Å². The number of hydrogen-bond acceptors (Lipinski definition) is 5. The lowest BCUT2D eigenvalue weighted by Gasteiger charge is -2.22. The first-order chi connectivity index (χ1) is 10.6. The van der Waals surface area contributed by atoms with E-state index in [1.165, 1.54) is 0 Å². The largest absolute Gasteiger partial charge is 0.366 e. The smallest absolute Gasteiger partial charge is 0.255 e. The molecule has 22 heavy (non-hydrogen) atoms. The van der Waals surface area contributed by atoms with Crippen molar-refractivity contribution in [1.82, 2.24) is 10.6 Å². The minimum Gasteiger partial charge on any atom is -0.366 e. The molecule has 2 heterocycles. The number of hydrazone groups is 1. The molecule has 0 aliphatic carbocycles. The summed E-state index contributed by atoms with van der Waals surface area (Å²) in [5, 5.41) is 13.1. The van der Waals surface area contributed by atoms with Crippen molar-refractivity contribution >= 4 is 40.6 Å². The molecule has 1 amide bonds. The minimum absolute atomic E-state index is 0.165. The first-order valence-electron chi connectivity index (χ1n) is 7.07. The number of nitrogens with one attached hydrogen (secondary N) is 2. The average Bonchev–Trinajstić information content (AvgIpc) is 2.99. The molecule has 1 fully saturated rings. The molecule has 1 saturated heterocycles. The van der Waals surface area contributed by atoms with Gasteiger partial charge in [-0.25, -0.2) is 0 Å². The molecule has 1 aromatic carbocycles. The maximum Gasteiger partial charge on any atom is 0.255 e. The highest BCUT2D eigenvalue weighted by Gasteiger charge is 2.25. The van der Waals surface area contributed by atoms with Crippen LogP contribution in [0.15, 0.2) is 23.3 Å². The fraction of sp³-hybridized carbons (Fsp3) is 0.429. The van der Waals surface area contributed by atoms with Crippen LogP contribution in [0.25, 0.3) is 0 Å². The standard InChI is InChI=1S/C14H16Cl2N4O2/c15-10-2-1-9(7-11(10)16)20-5-3-13(19-20)18-14(21)12-8-17-4-6-22-12/h1-2,7,12,17H,3-6,8H2,(H,18,19,21)/t12-/m1/s1. The Morgan fingerprint density at radius 3 is 3.00 bits per heavy atom. The van der Waals surface area contributed by atoms with E-state index in [0.29, 0.717) is 42.0 Å².